The number of rotatable bonds is 7. The Hall–Kier alpha value is -2.31. The van der Waals surface area contributed by atoms with Crippen LogP contribution in [0.4, 0.5) is 5.69 Å². The lowest BCUT2D eigenvalue weighted by Crippen LogP contribution is -2.21. The highest BCUT2D eigenvalue weighted by atomic mass is 35.5. The first-order valence-electron chi connectivity index (χ1n) is 7.54. The maximum Gasteiger partial charge on any atom is 0.250 e. The number of nitrogens with one attached hydrogen (secondary N) is 2. The van der Waals surface area contributed by atoms with Crippen LogP contribution in [0.5, 0.6) is 0 Å². The first-order valence-corrected chi connectivity index (χ1v) is 9.08. The lowest BCUT2D eigenvalue weighted by molar-refractivity contribution is -0.118. The molecule has 0 unspecified atom stereocenters. The number of anilines is 1. The Labute approximate surface area is 155 Å². The fourth-order valence-corrected chi connectivity index (χ4v) is 2.57. The molecule has 2 rings (SSSR count). The Kier molecular flexibility index (Phi) is 7.50. The van der Waals surface area contributed by atoms with Crippen molar-refractivity contribution in [3.05, 3.63) is 64.7 Å². The first kappa shape index (κ1) is 19.0. The zero-order chi connectivity index (χ0) is 18.1. The number of hydrogen-bond acceptors (Lipinski definition) is 4. The molecule has 0 spiro atoms. The molecule has 0 heterocycles. The highest BCUT2D eigenvalue weighted by molar-refractivity contribution is 8.00. The van der Waals surface area contributed by atoms with Crippen molar-refractivity contribution >= 4 is 47.1 Å². The van der Waals surface area contributed by atoms with Crippen LogP contribution >= 0.6 is 23.4 Å². The molecule has 0 fully saturated rings. The number of nitrogens with zero attached hydrogens (tertiary/aromatic N) is 1. The van der Waals surface area contributed by atoms with E-state index in [0.29, 0.717) is 5.02 Å². The molecule has 2 aromatic rings. The minimum Gasteiger partial charge on any atom is -0.325 e. The van der Waals surface area contributed by atoms with Gasteiger partial charge in [-0.05, 0) is 36.8 Å². The van der Waals surface area contributed by atoms with Crippen LogP contribution in [-0.2, 0) is 9.59 Å². The van der Waals surface area contributed by atoms with Crippen LogP contribution < -0.4 is 10.7 Å². The van der Waals surface area contributed by atoms with E-state index >= 15 is 0 Å². The topological polar surface area (TPSA) is 70.6 Å². The molecule has 2 amide bonds. The van der Waals surface area contributed by atoms with Crippen molar-refractivity contribution in [1.29, 1.82) is 0 Å². The van der Waals surface area contributed by atoms with Gasteiger partial charge in [-0.1, -0.05) is 41.4 Å². The van der Waals surface area contributed by atoms with Gasteiger partial charge < -0.3 is 5.32 Å². The summed E-state index contributed by atoms with van der Waals surface area (Å²) in [5.41, 5.74) is 5.12. The number of halogens is 1. The third-order valence-electron chi connectivity index (χ3n) is 3.07. The molecule has 0 radical (unpaired) electrons. The van der Waals surface area contributed by atoms with E-state index in [4.69, 9.17) is 11.6 Å². The third-order valence-corrected chi connectivity index (χ3v) is 4.26. The Morgan fingerprint density at radius 2 is 1.68 bits per heavy atom. The number of carbonyl (C=O) groups is 2. The lowest BCUT2D eigenvalue weighted by Gasteiger charge is -2.05. The summed E-state index contributed by atoms with van der Waals surface area (Å²) < 4.78 is 0. The van der Waals surface area contributed by atoms with E-state index in [1.54, 1.807) is 24.3 Å². The van der Waals surface area contributed by atoms with Crippen LogP contribution in [-0.4, -0.2) is 29.5 Å². The minimum atomic E-state index is -0.265. The monoisotopic (exact) mass is 375 g/mol. The molecule has 0 atom stereocenters. The third kappa shape index (κ3) is 7.41. The number of thioether (sulfide) groups is 1. The van der Waals surface area contributed by atoms with Crippen molar-refractivity contribution in [2.24, 2.45) is 5.10 Å². The SMILES string of the molecule is Cc1ccc(NC(=O)CSCC(=O)NN=Cc2ccc(Cl)cc2)cc1. The number of carbonyl (C=O) groups excluding carboxylic acids is 2. The summed E-state index contributed by atoms with van der Waals surface area (Å²) in [7, 11) is 0. The van der Waals surface area contributed by atoms with Crippen molar-refractivity contribution in [1.82, 2.24) is 5.43 Å². The number of amides is 2. The molecule has 2 aromatic carbocycles. The van der Waals surface area contributed by atoms with Gasteiger partial charge in [0.1, 0.15) is 0 Å². The number of benzene rings is 2. The second-order valence-electron chi connectivity index (χ2n) is 5.25. The molecule has 0 bridgehead atoms. The van der Waals surface area contributed by atoms with Gasteiger partial charge in [0.25, 0.3) is 0 Å². The molecule has 25 heavy (non-hydrogen) atoms. The van der Waals surface area contributed by atoms with Crippen molar-refractivity contribution < 1.29 is 9.59 Å². The van der Waals surface area contributed by atoms with Crippen molar-refractivity contribution in [2.75, 3.05) is 16.8 Å². The summed E-state index contributed by atoms with van der Waals surface area (Å²) in [4.78, 5) is 23.5. The van der Waals surface area contributed by atoms with Gasteiger partial charge >= 0.3 is 0 Å². The predicted octanol–water partition coefficient (Wildman–Crippen LogP) is 3.47. The Morgan fingerprint density at radius 3 is 2.36 bits per heavy atom. The highest BCUT2D eigenvalue weighted by Gasteiger charge is 2.05. The van der Waals surface area contributed by atoms with Crippen LogP contribution in [0.15, 0.2) is 53.6 Å². The van der Waals surface area contributed by atoms with Crippen LogP contribution in [0, 0.1) is 6.92 Å². The molecule has 0 saturated heterocycles. The van der Waals surface area contributed by atoms with Gasteiger partial charge in [-0.3, -0.25) is 9.59 Å². The number of hydrogen-bond donors (Lipinski definition) is 2. The summed E-state index contributed by atoms with van der Waals surface area (Å²) >= 11 is 7.01. The molecular formula is C18H18ClN3O2S. The van der Waals surface area contributed by atoms with Gasteiger partial charge in [0.2, 0.25) is 11.8 Å². The number of aryl methyl sites for hydroxylation is 1. The van der Waals surface area contributed by atoms with Gasteiger partial charge in [0.05, 0.1) is 17.7 Å². The molecule has 0 saturated carbocycles. The second kappa shape index (κ2) is 9.86. The standard InChI is InChI=1S/C18H18ClN3O2S/c1-13-2-8-16(9-3-13)21-17(23)11-25-12-18(24)22-20-10-14-4-6-15(19)7-5-14/h2-10H,11-12H2,1H3,(H,21,23)(H,22,24). The fourth-order valence-electron chi connectivity index (χ4n) is 1.83. The highest BCUT2D eigenvalue weighted by Crippen LogP contribution is 2.10. The zero-order valence-corrected chi connectivity index (χ0v) is 15.2. The molecule has 0 aromatic heterocycles. The van der Waals surface area contributed by atoms with Gasteiger partial charge in [-0.25, -0.2) is 5.43 Å². The minimum absolute atomic E-state index is 0.147. The first-order chi connectivity index (χ1) is 12.0. The second-order valence-corrected chi connectivity index (χ2v) is 6.67. The molecule has 2 N–H and O–H groups in total. The van der Waals surface area contributed by atoms with E-state index in [9.17, 15) is 9.59 Å². The summed E-state index contributed by atoms with van der Waals surface area (Å²) in [6, 6.07) is 14.6. The largest absolute Gasteiger partial charge is 0.325 e. The summed E-state index contributed by atoms with van der Waals surface area (Å²) in [6.07, 6.45) is 1.53. The van der Waals surface area contributed by atoms with Gasteiger partial charge in [-0.2, -0.15) is 5.10 Å². The van der Waals surface area contributed by atoms with E-state index in [1.807, 2.05) is 31.2 Å². The molecule has 5 nitrogen and oxygen atoms in total. The molecule has 130 valence electrons. The van der Waals surface area contributed by atoms with E-state index < -0.39 is 0 Å². The molecule has 0 aliphatic rings. The maximum absolute atomic E-state index is 11.8. The molecular weight excluding hydrogens is 358 g/mol. The predicted molar refractivity (Wildman–Crippen MR) is 104 cm³/mol. The van der Waals surface area contributed by atoms with E-state index in [2.05, 4.69) is 15.8 Å². The van der Waals surface area contributed by atoms with Crippen molar-refractivity contribution in [3.8, 4) is 0 Å². The Balaban J connectivity index is 1.65. The zero-order valence-electron chi connectivity index (χ0n) is 13.7. The van der Waals surface area contributed by atoms with E-state index in [-0.39, 0.29) is 23.3 Å². The average Bonchev–Trinajstić information content (AvgIpc) is 2.59. The fraction of sp³-hybridized carbons (Fsp3) is 0.167. The van der Waals surface area contributed by atoms with Crippen LogP contribution in [0.25, 0.3) is 0 Å². The van der Waals surface area contributed by atoms with Gasteiger partial charge in [0, 0.05) is 10.7 Å². The smallest absolute Gasteiger partial charge is 0.250 e. The average molecular weight is 376 g/mol. The van der Waals surface area contributed by atoms with E-state index in [0.717, 1.165) is 16.8 Å². The Bertz CT molecular complexity index is 746. The number of hydrazone groups is 1. The molecule has 7 heteroatoms. The van der Waals surface area contributed by atoms with Crippen LogP contribution in [0.2, 0.25) is 5.02 Å². The van der Waals surface area contributed by atoms with Crippen LogP contribution in [0.3, 0.4) is 0 Å². The lowest BCUT2D eigenvalue weighted by atomic mass is 10.2. The maximum atomic E-state index is 11.8. The summed E-state index contributed by atoms with van der Waals surface area (Å²) in [5.74, 6) is -0.0637. The Morgan fingerprint density at radius 1 is 1.04 bits per heavy atom. The van der Waals surface area contributed by atoms with Crippen molar-refractivity contribution in [3.63, 3.8) is 0 Å². The van der Waals surface area contributed by atoms with Gasteiger partial charge in [0.15, 0.2) is 0 Å². The quantitative estimate of drug-likeness (QED) is 0.575. The van der Waals surface area contributed by atoms with Gasteiger partial charge in [-0.15, -0.1) is 11.8 Å². The normalized spacial score (nSPS) is 10.6. The van der Waals surface area contributed by atoms with E-state index in [1.165, 1.54) is 18.0 Å². The molecule has 0 aliphatic heterocycles. The van der Waals surface area contributed by atoms with Crippen LogP contribution in [0.1, 0.15) is 11.1 Å². The molecule has 0 aliphatic carbocycles. The summed E-state index contributed by atoms with van der Waals surface area (Å²) in [6.45, 7) is 1.98. The summed E-state index contributed by atoms with van der Waals surface area (Å²) in [5, 5.41) is 7.28. The van der Waals surface area contributed by atoms with Crippen molar-refractivity contribution in [2.45, 2.75) is 6.92 Å².